The van der Waals surface area contributed by atoms with E-state index in [2.05, 4.69) is 38.9 Å². The van der Waals surface area contributed by atoms with Crippen LogP contribution < -0.4 is 0 Å². The van der Waals surface area contributed by atoms with Gasteiger partial charge >= 0.3 is 0 Å². The van der Waals surface area contributed by atoms with Crippen LogP contribution in [0.5, 0.6) is 0 Å². The van der Waals surface area contributed by atoms with Crippen LogP contribution in [-0.2, 0) is 6.54 Å². The number of nitrogens with zero attached hydrogens (tertiary/aromatic N) is 4. The number of hydrogen-bond donors (Lipinski definition) is 1. The zero-order valence-corrected chi connectivity index (χ0v) is 12.0. The Hall–Kier alpha value is -2.40. The summed E-state index contributed by atoms with van der Waals surface area (Å²) in [5.74, 6) is 0.140. The van der Waals surface area contributed by atoms with Crippen LogP contribution >= 0.6 is 0 Å². The lowest BCUT2D eigenvalue weighted by atomic mass is 9.83. The van der Waals surface area contributed by atoms with Crippen LogP contribution in [0.4, 0.5) is 0 Å². The van der Waals surface area contributed by atoms with Gasteiger partial charge in [0.15, 0.2) is 0 Å². The zero-order valence-electron chi connectivity index (χ0n) is 12.0. The number of aromatic nitrogens is 4. The molecule has 4 heterocycles. The number of imidazole rings is 1. The summed E-state index contributed by atoms with van der Waals surface area (Å²) < 4.78 is 4.13. The molecule has 3 aromatic rings. The van der Waals surface area contributed by atoms with E-state index in [0.29, 0.717) is 0 Å². The molecular weight excluding hydrogens is 276 g/mol. The van der Waals surface area contributed by atoms with Crippen LogP contribution in [0.15, 0.2) is 49.1 Å². The maximum atomic E-state index is 10.9. The van der Waals surface area contributed by atoms with E-state index in [9.17, 15) is 5.11 Å². The summed E-state index contributed by atoms with van der Waals surface area (Å²) in [6.45, 7) is 0.854. The van der Waals surface area contributed by atoms with Crippen LogP contribution in [0, 0.1) is 5.92 Å². The largest absolute Gasteiger partial charge is 0.386 e. The van der Waals surface area contributed by atoms with Crippen molar-refractivity contribution in [2.45, 2.75) is 25.1 Å². The van der Waals surface area contributed by atoms with Gasteiger partial charge in [0.25, 0.3) is 0 Å². The third-order valence-electron chi connectivity index (χ3n) is 5.06. The number of fused-ring (bicyclic) bond motifs is 4. The van der Waals surface area contributed by atoms with Crippen molar-refractivity contribution in [1.82, 2.24) is 19.3 Å². The Kier molecular flexibility index (Phi) is 2.38. The summed E-state index contributed by atoms with van der Waals surface area (Å²) in [7, 11) is 0. The maximum Gasteiger partial charge on any atom is 0.101 e. The number of aryl methyl sites for hydroxylation is 1. The molecule has 2 aromatic heterocycles. The molecule has 0 saturated heterocycles. The summed E-state index contributed by atoms with van der Waals surface area (Å²) in [6.07, 6.45) is 5.98. The highest BCUT2D eigenvalue weighted by molar-refractivity contribution is 5.69. The molecular formula is C17H16N4O. The van der Waals surface area contributed by atoms with Gasteiger partial charge in [-0.3, -0.25) is 4.68 Å². The van der Waals surface area contributed by atoms with E-state index < -0.39 is 6.10 Å². The van der Waals surface area contributed by atoms with Gasteiger partial charge in [-0.1, -0.05) is 24.3 Å². The molecule has 0 fully saturated rings. The minimum Gasteiger partial charge on any atom is -0.386 e. The second kappa shape index (κ2) is 4.30. The summed E-state index contributed by atoms with van der Waals surface area (Å²) in [5, 5.41) is 15.1. The predicted molar refractivity (Wildman–Crippen MR) is 81.1 cm³/mol. The molecule has 5 rings (SSSR count). The topological polar surface area (TPSA) is 55.9 Å². The molecule has 0 unspecified atom stereocenters. The van der Waals surface area contributed by atoms with Crippen molar-refractivity contribution in [3.8, 4) is 11.3 Å². The average Bonchev–Trinajstić information content (AvgIpc) is 3.23. The number of aliphatic hydroxyl groups is 1. The van der Waals surface area contributed by atoms with Gasteiger partial charge in [-0.25, -0.2) is 4.98 Å². The minimum atomic E-state index is -0.498. The first kappa shape index (κ1) is 12.2. The third-order valence-corrected chi connectivity index (χ3v) is 5.06. The second-order valence-corrected chi connectivity index (χ2v) is 6.09. The van der Waals surface area contributed by atoms with E-state index in [-0.39, 0.29) is 12.0 Å². The molecule has 22 heavy (non-hydrogen) atoms. The van der Waals surface area contributed by atoms with Gasteiger partial charge in [-0.05, 0) is 18.1 Å². The normalized spacial score (nSPS) is 25.6. The molecule has 5 heteroatoms. The van der Waals surface area contributed by atoms with Gasteiger partial charge in [-0.15, -0.1) is 0 Å². The molecule has 1 aromatic carbocycles. The first-order chi connectivity index (χ1) is 10.8. The van der Waals surface area contributed by atoms with Crippen molar-refractivity contribution < 1.29 is 5.11 Å². The maximum absolute atomic E-state index is 10.9. The van der Waals surface area contributed by atoms with Crippen molar-refractivity contribution in [1.29, 1.82) is 0 Å². The Morgan fingerprint density at radius 3 is 3.05 bits per heavy atom. The number of hydrogen-bond acceptors (Lipinski definition) is 3. The highest BCUT2D eigenvalue weighted by Crippen LogP contribution is 2.48. The van der Waals surface area contributed by atoms with Crippen molar-refractivity contribution >= 4 is 0 Å². The predicted octanol–water partition coefficient (Wildman–Crippen LogP) is 2.40. The van der Waals surface area contributed by atoms with Crippen LogP contribution in [-0.4, -0.2) is 24.4 Å². The van der Waals surface area contributed by atoms with E-state index in [1.54, 1.807) is 6.20 Å². The smallest absolute Gasteiger partial charge is 0.101 e. The molecule has 0 saturated carbocycles. The molecule has 0 bridgehead atoms. The van der Waals surface area contributed by atoms with Gasteiger partial charge < -0.3 is 9.67 Å². The summed E-state index contributed by atoms with van der Waals surface area (Å²) in [5.41, 5.74) is 4.59. The van der Waals surface area contributed by atoms with Gasteiger partial charge in [0.05, 0.1) is 30.0 Å². The molecule has 110 valence electrons. The minimum absolute atomic E-state index is 0.140. The Balaban J connectivity index is 1.65. The van der Waals surface area contributed by atoms with E-state index in [0.717, 1.165) is 24.4 Å². The zero-order chi connectivity index (χ0) is 14.7. The average molecular weight is 292 g/mol. The lowest BCUT2D eigenvalue weighted by molar-refractivity contribution is 0.0525. The molecule has 3 atom stereocenters. The summed E-state index contributed by atoms with van der Waals surface area (Å²) >= 11 is 0. The molecule has 0 radical (unpaired) electrons. The Morgan fingerprint density at radius 1 is 1.18 bits per heavy atom. The summed E-state index contributed by atoms with van der Waals surface area (Å²) in [4.78, 5) is 4.31. The van der Waals surface area contributed by atoms with Crippen LogP contribution in [0.25, 0.3) is 11.3 Å². The van der Waals surface area contributed by atoms with E-state index in [1.165, 1.54) is 11.1 Å². The SMILES string of the molecule is O[C@@H]1c2ccnn2CC[C@@H]1[C@H]1c2ccccc2-c2cncn21. The van der Waals surface area contributed by atoms with Crippen LogP contribution in [0.3, 0.4) is 0 Å². The van der Waals surface area contributed by atoms with Crippen LogP contribution in [0.1, 0.15) is 29.8 Å². The molecule has 2 aliphatic heterocycles. The lowest BCUT2D eigenvalue weighted by Crippen LogP contribution is -2.31. The number of rotatable bonds is 1. The molecule has 0 aliphatic carbocycles. The molecule has 0 amide bonds. The standard InChI is InChI=1S/C17H16N4O/c22-17-13(6-8-21-14(17)5-7-19-21)16-12-4-2-1-3-11(12)15-9-18-10-20(15)16/h1-5,7,9-10,13,16-17,22H,6,8H2/t13-,16-,17+/m1/s1. The monoisotopic (exact) mass is 292 g/mol. The third kappa shape index (κ3) is 1.46. The lowest BCUT2D eigenvalue weighted by Gasteiger charge is -2.34. The van der Waals surface area contributed by atoms with Crippen molar-refractivity contribution in [2.24, 2.45) is 5.92 Å². The second-order valence-electron chi connectivity index (χ2n) is 6.09. The van der Waals surface area contributed by atoms with Gasteiger partial charge in [0.1, 0.15) is 6.10 Å². The van der Waals surface area contributed by atoms with Crippen molar-refractivity contribution in [2.75, 3.05) is 0 Å². The van der Waals surface area contributed by atoms with E-state index in [4.69, 9.17) is 0 Å². The Bertz CT molecular complexity index is 850. The summed E-state index contributed by atoms with van der Waals surface area (Å²) in [6, 6.07) is 10.5. The van der Waals surface area contributed by atoms with Gasteiger partial charge in [0.2, 0.25) is 0 Å². The van der Waals surface area contributed by atoms with Crippen molar-refractivity contribution in [3.05, 3.63) is 60.3 Å². The van der Waals surface area contributed by atoms with E-state index in [1.807, 2.05) is 23.3 Å². The first-order valence-electron chi connectivity index (χ1n) is 7.65. The highest BCUT2D eigenvalue weighted by Gasteiger charge is 2.40. The van der Waals surface area contributed by atoms with Crippen molar-refractivity contribution in [3.63, 3.8) is 0 Å². The first-order valence-corrected chi connectivity index (χ1v) is 7.65. The van der Waals surface area contributed by atoms with E-state index >= 15 is 0 Å². The number of benzene rings is 1. The molecule has 0 spiro atoms. The molecule has 5 nitrogen and oxygen atoms in total. The Labute approximate surface area is 127 Å². The Morgan fingerprint density at radius 2 is 2.09 bits per heavy atom. The fourth-order valence-electron chi connectivity index (χ4n) is 4.07. The van der Waals surface area contributed by atoms with Gasteiger partial charge in [-0.2, -0.15) is 5.10 Å². The number of aliphatic hydroxyl groups excluding tert-OH is 1. The quantitative estimate of drug-likeness (QED) is 0.749. The molecule has 2 aliphatic rings. The highest BCUT2D eigenvalue weighted by atomic mass is 16.3. The van der Waals surface area contributed by atoms with Crippen LogP contribution in [0.2, 0.25) is 0 Å². The molecule has 1 N–H and O–H groups in total. The van der Waals surface area contributed by atoms with Gasteiger partial charge in [0, 0.05) is 24.2 Å². The fraction of sp³-hybridized carbons (Fsp3) is 0.294. The fourth-order valence-corrected chi connectivity index (χ4v) is 4.07.